The molecule has 5 nitrogen and oxygen atoms in total. The van der Waals surface area contributed by atoms with E-state index in [9.17, 15) is 9.90 Å². The molecule has 0 fully saturated rings. The number of anilines is 1. The third kappa shape index (κ3) is 3.07. The first-order valence-electron chi connectivity index (χ1n) is 7.28. The van der Waals surface area contributed by atoms with Crippen molar-refractivity contribution in [1.82, 2.24) is 9.78 Å². The average Bonchev–Trinajstić information content (AvgIpc) is 2.91. The number of aryl methyl sites for hydroxylation is 2. The number of aromatic nitrogens is 2. The number of hydrogen-bond acceptors (Lipinski definition) is 3. The minimum absolute atomic E-state index is 0.0999. The Bertz CT molecular complexity index is 634. The van der Waals surface area contributed by atoms with E-state index in [0.717, 1.165) is 12.1 Å². The molecule has 0 aliphatic heterocycles. The average molecular weight is 287 g/mol. The quantitative estimate of drug-likeness (QED) is 0.920. The van der Waals surface area contributed by atoms with Gasteiger partial charge in [-0.3, -0.25) is 9.48 Å². The molecule has 0 aliphatic rings. The highest BCUT2D eigenvalue weighted by Gasteiger charge is 2.21. The first-order chi connectivity index (χ1) is 10.1. The van der Waals surface area contributed by atoms with Crippen LogP contribution >= 0.6 is 0 Å². The lowest BCUT2D eigenvalue weighted by molar-refractivity contribution is 0.0978. The summed E-state index contributed by atoms with van der Waals surface area (Å²) in [5.74, 6) is 0.0501. The maximum atomic E-state index is 12.8. The number of carbonyl (C=O) groups is 1. The van der Waals surface area contributed by atoms with Crippen molar-refractivity contribution in [3.63, 3.8) is 0 Å². The summed E-state index contributed by atoms with van der Waals surface area (Å²) in [6.45, 7) is 7.07. The van der Waals surface area contributed by atoms with Crippen LogP contribution in [0.3, 0.4) is 0 Å². The Morgan fingerprint density at radius 1 is 1.29 bits per heavy atom. The van der Waals surface area contributed by atoms with Crippen molar-refractivity contribution in [3.8, 4) is 5.75 Å². The maximum Gasteiger partial charge on any atom is 0.276 e. The van der Waals surface area contributed by atoms with Crippen LogP contribution in [0.1, 0.15) is 37.0 Å². The molecule has 2 rings (SSSR count). The van der Waals surface area contributed by atoms with Crippen molar-refractivity contribution < 1.29 is 9.90 Å². The summed E-state index contributed by atoms with van der Waals surface area (Å²) in [6, 6.07) is 8.57. The van der Waals surface area contributed by atoms with Gasteiger partial charge in [-0.05, 0) is 38.5 Å². The molecular formula is C16H21N3O2. The summed E-state index contributed by atoms with van der Waals surface area (Å²) in [4.78, 5) is 14.4. The highest BCUT2D eigenvalue weighted by Crippen LogP contribution is 2.22. The second-order valence-corrected chi connectivity index (χ2v) is 4.76. The van der Waals surface area contributed by atoms with Crippen molar-refractivity contribution in [2.45, 2.75) is 33.7 Å². The molecule has 0 atom stereocenters. The molecule has 5 heteroatoms. The third-order valence-electron chi connectivity index (χ3n) is 3.41. The van der Waals surface area contributed by atoms with Gasteiger partial charge in [0.2, 0.25) is 0 Å². The van der Waals surface area contributed by atoms with Crippen LogP contribution in [0.5, 0.6) is 5.75 Å². The molecule has 1 aromatic carbocycles. The molecular weight excluding hydrogens is 266 g/mol. The first kappa shape index (κ1) is 15.1. The number of aromatic hydroxyl groups is 1. The van der Waals surface area contributed by atoms with Crippen LogP contribution in [-0.4, -0.2) is 27.3 Å². The van der Waals surface area contributed by atoms with Crippen LogP contribution in [0.4, 0.5) is 5.69 Å². The van der Waals surface area contributed by atoms with Crippen LogP contribution in [0.25, 0.3) is 0 Å². The second-order valence-electron chi connectivity index (χ2n) is 4.76. The fraction of sp³-hybridized carbons (Fsp3) is 0.375. The van der Waals surface area contributed by atoms with Gasteiger partial charge >= 0.3 is 0 Å². The second kappa shape index (κ2) is 6.43. The zero-order valence-electron chi connectivity index (χ0n) is 12.7. The van der Waals surface area contributed by atoms with Gasteiger partial charge in [0.05, 0.1) is 5.69 Å². The Balaban J connectivity index is 2.38. The largest absolute Gasteiger partial charge is 0.508 e. The molecule has 0 radical (unpaired) electrons. The van der Waals surface area contributed by atoms with Crippen LogP contribution in [0.2, 0.25) is 0 Å². The third-order valence-corrected chi connectivity index (χ3v) is 3.41. The Labute approximate surface area is 124 Å². The molecule has 21 heavy (non-hydrogen) atoms. The minimum Gasteiger partial charge on any atom is -0.508 e. The summed E-state index contributed by atoms with van der Waals surface area (Å²) < 4.78 is 1.73. The number of carbonyl (C=O) groups excluding carboxylic acids is 1. The molecule has 0 bridgehead atoms. The molecule has 0 unspecified atom stereocenters. The Hall–Kier alpha value is -2.30. The van der Waals surface area contributed by atoms with E-state index in [0.29, 0.717) is 24.5 Å². The van der Waals surface area contributed by atoms with E-state index < -0.39 is 0 Å². The maximum absolute atomic E-state index is 12.8. The number of phenols is 1. The van der Waals surface area contributed by atoms with Gasteiger partial charge in [0.1, 0.15) is 11.4 Å². The molecule has 0 spiro atoms. The Kier molecular flexibility index (Phi) is 4.62. The summed E-state index contributed by atoms with van der Waals surface area (Å²) in [6.07, 6.45) is 0.797. The zero-order valence-corrected chi connectivity index (χ0v) is 12.7. The van der Waals surface area contributed by atoms with Crippen LogP contribution in [-0.2, 0) is 13.0 Å². The van der Waals surface area contributed by atoms with Crippen LogP contribution < -0.4 is 4.90 Å². The lowest BCUT2D eigenvalue weighted by atomic mass is 10.2. The summed E-state index contributed by atoms with van der Waals surface area (Å²) in [7, 11) is 0. The van der Waals surface area contributed by atoms with E-state index in [1.54, 1.807) is 27.8 Å². The number of rotatable bonds is 5. The number of hydrogen-bond donors (Lipinski definition) is 1. The molecule has 112 valence electrons. The van der Waals surface area contributed by atoms with E-state index in [2.05, 4.69) is 5.10 Å². The fourth-order valence-electron chi connectivity index (χ4n) is 2.30. The van der Waals surface area contributed by atoms with E-state index >= 15 is 0 Å². The van der Waals surface area contributed by atoms with Gasteiger partial charge in [-0.1, -0.05) is 13.0 Å². The summed E-state index contributed by atoms with van der Waals surface area (Å²) in [5, 5.41) is 14.0. The molecule has 1 aromatic heterocycles. The number of nitrogens with zero attached hydrogens (tertiary/aromatic N) is 3. The van der Waals surface area contributed by atoms with Crippen molar-refractivity contribution in [1.29, 1.82) is 0 Å². The molecule has 0 saturated heterocycles. The van der Waals surface area contributed by atoms with E-state index in [1.807, 2.05) is 32.9 Å². The minimum atomic E-state index is -0.0999. The highest BCUT2D eigenvalue weighted by molar-refractivity contribution is 6.05. The van der Waals surface area contributed by atoms with Gasteiger partial charge < -0.3 is 10.0 Å². The van der Waals surface area contributed by atoms with E-state index in [1.165, 1.54) is 0 Å². The van der Waals surface area contributed by atoms with Gasteiger partial charge in [0, 0.05) is 24.8 Å². The Morgan fingerprint density at radius 3 is 2.62 bits per heavy atom. The topological polar surface area (TPSA) is 58.4 Å². The lowest BCUT2D eigenvalue weighted by Crippen LogP contribution is -2.32. The van der Waals surface area contributed by atoms with Gasteiger partial charge in [0.25, 0.3) is 5.91 Å². The van der Waals surface area contributed by atoms with Crippen molar-refractivity contribution in [2.24, 2.45) is 0 Å². The standard InChI is InChI=1S/C16H21N3O2/c1-4-12-10-15(19(6-3)17-12)16(21)18(5-2)13-8-7-9-14(20)11-13/h7-11,20H,4-6H2,1-3H3. The summed E-state index contributed by atoms with van der Waals surface area (Å²) in [5.41, 5.74) is 2.18. The molecule has 0 saturated carbocycles. The van der Waals surface area contributed by atoms with E-state index in [-0.39, 0.29) is 11.7 Å². The predicted molar refractivity (Wildman–Crippen MR) is 82.7 cm³/mol. The van der Waals surface area contributed by atoms with Crippen molar-refractivity contribution in [2.75, 3.05) is 11.4 Å². The normalized spacial score (nSPS) is 10.6. The Morgan fingerprint density at radius 2 is 2.05 bits per heavy atom. The lowest BCUT2D eigenvalue weighted by Gasteiger charge is -2.21. The molecule has 2 aromatic rings. The SMILES string of the molecule is CCc1cc(C(=O)N(CC)c2cccc(O)c2)n(CC)n1. The molecule has 1 amide bonds. The van der Waals surface area contributed by atoms with Gasteiger partial charge in [0.15, 0.2) is 0 Å². The van der Waals surface area contributed by atoms with Crippen molar-refractivity contribution in [3.05, 3.63) is 41.7 Å². The zero-order chi connectivity index (χ0) is 15.4. The number of benzene rings is 1. The van der Waals surface area contributed by atoms with Gasteiger partial charge in [-0.15, -0.1) is 0 Å². The predicted octanol–water partition coefficient (Wildman–Crippen LogP) is 2.84. The van der Waals surface area contributed by atoms with Gasteiger partial charge in [-0.2, -0.15) is 5.10 Å². The van der Waals surface area contributed by atoms with Crippen LogP contribution in [0, 0.1) is 0 Å². The fourth-order valence-corrected chi connectivity index (χ4v) is 2.30. The monoisotopic (exact) mass is 287 g/mol. The number of phenolic OH excluding ortho intramolecular Hbond substituents is 1. The van der Waals surface area contributed by atoms with E-state index in [4.69, 9.17) is 0 Å². The summed E-state index contributed by atoms with van der Waals surface area (Å²) >= 11 is 0. The molecule has 1 heterocycles. The first-order valence-corrected chi connectivity index (χ1v) is 7.28. The van der Waals surface area contributed by atoms with Crippen LogP contribution in [0.15, 0.2) is 30.3 Å². The smallest absolute Gasteiger partial charge is 0.276 e. The highest BCUT2D eigenvalue weighted by atomic mass is 16.3. The molecule has 0 aliphatic carbocycles. The van der Waals surface area contributed by atoms with Gasteiger partial charge in [-0.25, -0.2) is 0 Å². The molecule has 1 N–H and O–H groups in total. The number of amides is 1. The van der Waals surface area contributed by atoms with Crippen molar-refractivity contribution >= 4 is 11.6 Å².